The van der Waals surface area contributed by atoms with Gasteiger partial charge in [0.2, 0.25) is 0 Å². The van der Waals surface area contributed by atoms with Crippen molar-refractivity contribution in [3.8, 4) is 0 Å². The van der Waals surface area contributed by atoms with Crippen LogP contribution in [0, 0.1) is 0 Å². The number of alkyl halides is 3. The Morgan fingerprint density at radius 3 is 2.53 bits per heavy atom. The molecule has 0 aromatic heterocycles. The number of ether oxygens (including phenoxy) is 1. The molecule has 2 rings (SSSR count). The Morgan fingerprint density at radius 2 is 1.89 bits per heavy atom. The summed E-state index contributed by atoms with van der Waals surface area (Å²) in [5.74, 6) is 0.235. The van der Waals surface area contributed by atoms with Crippen LogP contribution in [0.2, 0.25) is 0 Å². The van der Waals surface area contributed by atoms with E-state index in [-0.39, 0.29) is 18.5 Å². The third-order valence-corrected chi connectivity index (χ3v) is 3.23. The van der Waals surface area contributed by atoms with Crippen LogP contribution < -0.4 is 0 Å². The fourth-order valence-corrected chi connectivity index (χ4v) is 2.13. The van der Waals surface area contributed by atoms with Crippen LogP contribution in [0.4, 0.5) is 13.2 Å². The number of rotatable bonds is 3. The molecule has 0 N–H and O–H groups in total. The number of halogens is 3. The Kier molecular flexibility index (Phi) is 4.24. The molecule has 0 atom stereocenters. The molecule has 0 radical (unpaired) electrons. The maximum Gasteiger partial charge on any atom is 0.416 e. The molecule has 0 unspecified atom stereocenters. The van der Waals surface area contributed by atoms with Gasteiger partial charge in [-0.05, 0) is 30.5 Å². The summed E-state index contributed by atoms with van der Waals surface area (Å²) < 4.78 is 43.1. The largest absolute Gasteiger partial charge is 0.416 e. The maximum absolute atomic E-state index is 12.5. The first kappa shape index (κ1) is 14.1. The summed E-state index contributed by atoms with van der Waals surface area (Å²) in [5, 5.41) is 0. The highest BCUT2D eigenvalue weighted by Crippen LogP contribution is 2.30. The van der Waals surface area contributed by atoms with Gasteiger partial charge in [-0.15, -0.1) is 0 Å². The second-order valence-corrected chi connectivity index (χ2v) is 4.75. The van der Waals surface area contributed by atoms with E-state index in [1.807, 2.05) is 0 Å². The SMILES string of the molecule is O=C1CCC(OCc2cccc(C(F)(F)F)c2)CC1. The Labute approximate surface area is 109 Å². The van der Waals surface area contributed by atoms with E-state index in [2.05, 4.69) is 0 Å². The van der Waals surface area contributed by atoms with E-state index in [0.717, 1.165) is 12.1 Å². The molecule has 19 heavy (non-hydrogen) atoms. The smallest absolute Gasteiger partial charge is 0.374 e. The van der Waals surface area contributed by atoms with Crippen molar-refractivity contribution < 1.29 is 22.7 Å². The summed E-state index contributed by atoms with van der Waals surface area (Å²) in [6.45, 7) is 0.156. The molecule has 0 amide bonds. The number of hydrogen-bond donors (Lipinski definition) is 0. The highest BCUT2D eigenvalue weighted by Gasteiger charge is 2.30. The first-order valence-electron chi connectivity index (χ1n) is 6.24. The third-order valence-electron chi connectivity index (χ3n) is 3.23. The predicted octanol–water partition coefficient (Wildman–Crippen LogP) is 3.73. The van der Waals surface area contributed by atoms with Gasteiger partial charge in [0, 0.05) is 12.8 Å². The molecule has 0 saturated heterocycles. The van der Waals surface area contributed by atoms with E-state index < -0.39 is 11.7 Å². The monoisotopic (exact) mass is 272 g/mol. The minimum Gasteiger partial charge on any atom is -0.374 e. The van der Waals surface area contributed by atoms with Crippen LogP contribution in [-0.4, -0.2) is 11.9 Å². The third kappa shape index (κ3) is 4.06. The molecule has 0 heterocycles. The summed E-state index contributed by atoms with van der Waals surface area (Å²) in [6, 6.07) is 5.14. The number of carbonyl (C=O) groups excluding carboxylic acids is 1. The van der Waals surface area contributed by atoms with Crippen LogP contribution in [0.25, 0.3) is 0 Å². The minimum atomic E-state index is -4.33. The van der Waals surface area contributed by atoms with E-state index in [0.29, 0.717) is 31.2 Å². The van der Waals surface area contributed by atoms with Gasteiger partial charge >= 0.3 is 6.18 Å². The first-order chi connectivity index (χ1) is 8.95. The van der Waals surface area contributed by atoms with Gasteiger partial charge in [0.25, 0.3) is 0 Å². The Bertz CT molecular complexity index is 444. The maximum atomic E-state index is 12.5. The van der Waals surface area contributed by atoms with Crippen molar-refractivity contribution in [2.24, 2.45) is 0 Å². The van der Waals surface area contributed by atoms with E-state index in [4.69, 9.17) is 4.74 Å². The average Bonchev–Trinajstić information content (AvgIpc) is 2.37. The predicted molar refractivity (Wildman–Crippen MR) is 63.5 cm³/mol. The van der Waals surface area contributed by atoms with E-state index in [1.165, 1.54) is 6.07 Å². The molecule has 104 valence electrons. The van der Waals surface area contributed by atoms with Gasteiger partial charge in [0.15, 0.2) is 0 Å². The lowest BCUT2D eigenvalue weighted by Crippen LogP contribution is -2.21. The molecule has 0 bridgehead atoms. The van der Waals surface area contributed by atoms with Crippen LogP contribution in [0.1, 0.15) is 36.8 Å². The molecule has 1 aliphatic carbocycles. The number of ketones is 1. The van der Waals surface area contributed by atoms with Gasteiger partial charge in [-0.25, -0.2) is 0 Å². The molecular weight excluding hydrogens is 257 g/mol. The normalized spacial score (nSPS) is 17.7. The Hall–Kier alpha value is -1.36. The van der Waals surface area contributed by atoms with Crippen molar-refractivity contribution in [1.29, 1.82) is 0 Å². The van der Waals surface area contributed by atoms with Gasteiger partial charge in [-0.2, -0.15) is 13.2 Å². The Balaban J connectivity index is 1.91. The fourth-order valence-electron chi connectivity index (χ4n) is 2.13. The summed E-state index contributed by atoms with van der Waals surface area (Å²) in [6.07, 6.45) is -2.00. The number of Topliss-reactive ketones (excluding diaryl/α,β-unsaturated/α-hetero) is 1. The lowest BCUT2D eigenvalue weighted by Gasteiger charge is -2.21. The van der Waals surface area contributed by atoms with Crippen LogP contribution in [0.3, 0.4) is 0 Å². The molecule has 5 heteroatoms. The topological polar surface area (TPSA) is 26.3 Å². The zero-order valence-electron chi connectivity index (χ0n) is 10.4. The van der Waals surface area contributed by atoms with Crippen molar-refractivity contribution in [2.45, 2.75) is 44.6 Å². The van der Waals surface area contributed by atoms with Gasteiger partial charge in [0.05, 0.1) is 18.3 Å². The summed E-state index contributed by atoms with van der Waals surface area (Å²) in [7, 11) is 0. The second-order valence-electron chi connectivity index (χ2n) is 4.75. The van der Waals surface area contributed by atoms with E-state index in [9.17, 15) is 18.0 Å². The first-order valence-corrected chi connectivity index (χ1v) is 6.24. The molecule has 1 saturated carbocycles. The van der Waals surface area contributed by atoms with Crippen molar-refractivity contribution in [2.75, 3.05) is 0 Å². The van der Waals surface area contributed by atoms with Crippen molar-refractivity contribution >= 4 is 5.78 Å². The molecule has 2 nitrogen and oxygen atoms in total. The van der Waals surface area contributed by atoms with Gasteiger partial charge in [-0.3, -0.25) is 4.79 Å². The van der Waals surface area contributed by atoms with E-state index in [1.54, 1.807) is 6.07 Å². The summed E-state index contributed by atoms with van der Waals surface area (Å²) >= 11 is 0. The highest BCUT2D eigenvalue weighted by molar-refractivity contribution is 5.79. The lowest BCUT2D eigenvalue weighted by molar-refractivity contribution is -0.137. The minimum absolute atomic E-state index is 0.0211. The van der Waals surface area contributed by atoms with Crippen LogP contribution in [0.5, 0.6) is 0 Å². The van der Waals surface area contributed by atoms with Crippen LogP contribution in [-0.2, 0) is 22.3 Å². The van der Waals surface area contributed by atoms with Gasteiger partial charge in [-0.1, -0.05) is 12.1 Å². The summed E-state index contributed by atoms with van der Waals surface area (Å²) in [5.41, 5.74) is -0.154. The standard InChI is InChI=1S/C14H15F3O2/c15-14(16,17)11-3-1-2-10(8-11)9-19-13-6-4-12(18)5-7-13/h1-3,8,13H,4-7,9H2. The Morgan fingerprint density at radius 1 is 1.21 bits per heavy atom. The van der Waals surface area contributed by atoms with Gasteiger partial charge in [0.1, 0.15) is 5.78 Å². The van der Waals surface area contributed by atoms with Crippen molar-refractivity contribution in [3.05, 3.63) is 35.4 Å². The molecule has 1 aliphatic rings. The molecule has 0 aliphatic heterocycles. The zero-order chi connectivity index (χ0) is 13.9. The zero-order valence-corrected chi connectivity index (χ0v) is 10.4. The molecule has 1 aromatic rings. The van der Waals surface area contributed by atoms with Gasteiger partial charge < -0.3 is 4.74 Å². The molecule has 1 aromatic carbocycles. The molecule has 0 spiro atoms. The molecular formula is C14H15F3O2. The number of hydrogen-bond acceptors (Lipinski definition) is 2. The molecule has 1 fully saturated rings. The van der Waals surface area contributed by atoms with Crippen LogP contribution >= 0.6 is 0 Å². The number of carbonyl (C=O) groups is 1. The number of benzene rings is 1. The van der Waals surface area contributed by atoms with E-state index >= 15 is 0 Å². The van der Waals surface area contributed by atoms with Crippen LogP contribution in [0.15, 0.2) is 24.3 Å². The quantitative estimate of drug-likeness (QED) is 0.838. The fraction of sp³-hybridized carbons (Fsp3) is 0.500. The van der Waals surface area contributed by atoms with Crippen molar-refractivity contribution in [1.82, 2.24) is 0 Å². The second kappa shape index (κ2) is 5.74. The average molecular weight is 272 g/mol. The lowest BCUT2D eigenvalue weighted by atomic mass is 9.96. The summed E-state index contributed by atoms with van der Waals surface area (Å²) in [4.78, 5) is 11.1. The highest BCUT2D eigenvalue weighted by atomic mass is 19.4. The van der Waals surface area contributed by atoms with Crippen molar-refractivity contribution in [3.63, 3.8) is 0 Å².